The van der Waals surface area contributed by atoms with Crippen LogP contribution >= 0.6 is 0 Å². The molecule has 1 fully saturated rings. The highest BCUT2D eigenvalue weighted by Gasteiger charge is 2.46. The van der Waals surface area contributed by atoms with Crippen molar-refractivity contribution in [1.29, 1.82) is 0 Å². The minimum Gasteiger partial charge on any atom is -0.383 e. The second kappa shape index (κ2) is 4.60. The van der Waals surface area contributed by atoms with Crippen molar-refractivity contribution in [2.24, 2.45) is 5.84 Å². The van der Waals surface area contributed by atoms with Gasteiger partial charge in [0.1, 0.15) is 5.82 Å². The normalized spacial score (nSPS) is 19.7. The molecule has 0 saturated heterocycles. The molecule has 1 saturated carbocycles. The number of aromatic nitrogens is 1. The standard InChI is InChI=1S/C12H20N4O/c1-8-4-7-15-11(13)9(8)10(16-14)12(17-2)5-3-6-12/h4,7,10,16H,3,5-6,14H2,1-2H3,(H2,13,15). The van der Waals surface area contributed by atoms with E-state index >= 15 is 0 Å². The highest BCUT2D eigenvalue weighted by atomic mass is 16.5. The Morgan fingerprint density at radius 2 is 2.24 bits per heavy atom. The van der Waals surface area contributed by atoms with E-state index in [0.717, 1.165) is 30.4 Å². The third-order valence-corrected chi connectivity index (χ3v) is 3.83. The smallest absolute Gasteiger partial charge is 0.128 e. The number of hydrogen-bond donors (Lipinski definition) is 3. The van der Waals surface area contributed by atoms with Gasteiger partial charge in [-0.3, -0.25) is 5.84 Å². The number of anilines is 1. The van der Waals surface area contributed by atoms with Gasteiger partial charge < -0.3 is 10.5 Å². The number of nitrogens with two attached hydrogens (primary N) is 2. The predicted octanol–water partition coefficient (Wildman–Crippen LogP) is 1.05. The van der Waals surface area contributed by atoms with Gasteiger partial charge in [0, 0.05) is 18.9 Å². The van der Waals surface area contributed by atoms with Gasteiger partial charge in [0.2, 0.25) is 0 Å². The molecule has 0 aliphatic heterocycles. The van der Waals surface area contributed by atoms with Gasteiger partial charge in [-0.1, -0.05) is 0 Å². The Labute approximate surface area is 102 Å². The Morgan fingerprint density at radius 3 is 2.65 bits per heavy atom. The summed E-state index contributed by atoms with van der Waals surface area (Å²) in [5.41, 5.74) is 10.6. The molecule has 5 heteroatoms. The summed E-state index contributed by atoms with van der Waals surface area (Å²) in [4.78, 5) is 4.14. The molecule has 0 spiro atoms. The molecular formula is C12H20N4O. The van der Waals surface area contributed by atoms with Crippen LogP contribution in [0.5, 0.6) is 0 Å². The van der Waals surface area contributed by atoms with Crippen molar-refractivity contribution in [2.75, 3.05) is 12.8 Å². The fraction of sp³-hybridized carbons (Fsp3) is 0.583. The zero-order valence-electron chi connectivity index (χ0n) is 10.4. The molecule has 1 heterocycles. The molecular weight excluding hydrogens is 216 g/mol. The summed E-state index contributed by atoms with van der Waals surface area (Å²) < 4.78 is 5.67. The van der Waals surface area contributed by atoms with Gasteiger partial charge >= 0.3 is 0 Å². The van der Waals surface area contributed by atoms with E-state index in [9.17, 15) is 0 Å². The average Bonchev–Trinajstić information content (AvgIpc) is 2.25. The topological polar surface area (TPSA) is 86.2 Å². The molecule has 0 radical (unpaired) electrons. The van der Waals surface area contributed by atoms with Crippen molar-refractivity contribution in [3.05, 3.63) is 23.4 Å². The van der Waals surface area contributed by atoms with Crippen molar-refractivity contribution in [2.45, 2.75) is 37.8 Å². The highest BCUT2D eigenvalue weighted by Crippen LogP contribution is 2.46. The van der Waals surface area contributed by atoms with E-state index in [2.05, 4.69) is 10.4 Å². The van der Waals surface area contributed by atoms with Crippen molar-refractivity contribution >= 4 is 5.82 Å². The van der Waals surface area contributed by atoms with Crippen LogP contribution in [-0.4, -0.2) is 17.7 Å². The second-order valence-electron chi connectivity index (χ2n) is 4.65. The fourth-order valence-electron chi connectivity index (χ4n) is 2.60. The summed E-state index contributed by atoms with van der Waals surface area (Å²) in [6, 6.07) is 1.84. The SMILES string of the molecule is COC1(C(NN)c2c(C)ccnc2N)CCC1. The minimum atomic E-state index is -0.239. The first-order chi connectivity index (χ1) is 8.14. The van der Waals surface area contributed by atoms with Crippen LogP contribution in [0.15, 0.2) is 12.3 Å². The number of rotatable bonds is 4. The Bertz CT molecular complexity index is 378. The Morgan fingerprint density at radius 1 is 1.53 bits per heavy atom. The quantitative estimate of drug-likeness (QED) is 0.537. The largest absolute Gasteiger partial charge is 0.383 e. The van der Waals surface area contributed by atoms with Crippen LogP contribution in [0.2, 0.25) is 0 Å². The second-order valence-corrected chi connectivity index (χ2v) is 4.65. The summed E-state index contributed by atoms with van der Waals surface area (Å²) in [5.74, 6) is 6.22. The summed E-state index contributed by atoms with van der Waals surface area (Å²) >= 11 is 0. The zero-order chi connectivity index (χ0) is 12.5. The lowest BCUT2D eigenvalue weighted by atomic mass is 9.72. The number of aryl methyl sites for hydroxylation is 1. The number of pyridine rings is 1. The number of ether oxygens (including phenoxy) is 1. The van der Waals surface area contributed by atoms with Crippen LogP contribution in [0.25, 0.3) is 0 Å². The van der Waals surface area contributed by atoms with E-state index in [0.29, 0.717) is 5.82 Å². The molecule has 1 aromatic rings. The number of nitrogen functional groups attached to an aromatic ring is 1. The Balaban J connectivity index is 2.42. The lowest BCUT2D eigenvalue weighted by Crippen LogP contribution is -2.52. The predicted molar refractivity (Wildman–Crippen MR) is 67.0 cm³/mol. The van der Waals surface area contributed by atoms with E-state index < -0.39 is 0 Å². The first kappa shape index (κ1) is 12.3. The van der Waals surface area contributed by atoms with Gasteiger partial charge in [-0.2, -0.15) is 0 Å². The fourth-order valence-corrected chi connectivity index (χ4v) is 2.60. The zero-order valence-corrected chi connectivity index (χ0v) is 10.4. The number of nitrogens with one attached hydrogen (secondary N) is 1. The lowest BCUT2D eigenvalue weighted by Gasteiger charge is -2.46. The van der Waals surface area contributed by atoms with E-state index in [1.165, 1.54) is 0 Å². The van der Waals surface area contributed by atoms with Crippen LogP contribution in [0.4, 0.5) is 5.82 Å². The number of hydrogen-bond acceptors (Lipinski definition) is 5. The highest BCUT2D eigenvalue weighted by molar-refractivity contribution is 5.47. The van der Waals surface area contributed by atoms with E-state index in [-0.39, 0.29) is 11.6 Å². The van der Waals surface area contributed by atoms with Gasteiger partial charge in [-0.25, -0.2) is 10.4 Å². The Hall–Kier alpha value is -1.17. The summed E-state index contributed by atoms with van der Waals surface area (Å²) in [7, 11) is 1.73. The third-order valence-electron chi connectivity index (χ3n) is 3.83. The number of nitrogens with zero attached hydrogens (tertiary/aromatic N) is 1. The molecule has 1 atom stereocenters. The van der Waals surface area contributed by atoms with Crippen molar-refractivity contribution in [1.82, 2.24) is 10.4 Å². The van der Waals surface area contributed by atoms with Gasteiger partial charge in [-0.15, -0.1) is 0 Å². The molecule has 1 aliphatic rings. The minimum absolute atomic E-state index is 0.102. The van der Waals surface area contributed by atoms with Gasteiger partial charge in [-0.05, 0) is 37.8 Å². The van der Waals surface area contributed by atoms with Crippen molar-refractivity contribution in [3.63, 3.8) is 0 Å². The van der Waals surface area contributed by atoms with Crippen LogP contribution < -0.4 is 17.0 Å². The number of methoxy groups -OCH3 is 1. The van der Waals surface area contributed by atoms with Crippen LogP contribution in [0.1, 0.15) is 36.4 Å². The van der Waals surface area contributed by atoms with Crippen molar-refractivity contribution in [3.8, 4) is 0 Å². The molecule has 17 heavy (non-hydrogen) atoms. The molecule has 5 N–H and O–H groups in total. The number of hydrazine groups is 1. The molecule has 0 amide bonds. The van der Waals surface area contributed by atoms with Crippen molar-refractivity contribution < 1.29 is 4.74 Å². The van der Waals surface area contributed by atoms with E-state index in [1.807, 2.05) is 13.0 Å². The first-order valence-electron chi connectivity index (χ1n) is 5.87. The summed E-state index contributed by atoms with van der Waals surface area (Å²) in [6.07, 6.45) is 4.85. The van der Waals surface area contributed by atoms with Crippen LogP contribution in [0.3, 0.4) is 0 Å². The maximum Gasteiger partial charge on any atom is 0.128 e. The van der Waals surface area contributed by atoms with Gasteiger partial charge in [0.05, 0.1) is 11.6 Å². The summed E-state index contributed by atoms with van der Waals surface area (Å²) in [5, 5.41) is 0. The Kier molecular flexibility index (Phi) is 3.33. The monoisotopic (exact) mass is 236 g/mol. The molecule has 2 rings (SSSR count). The van der Waals surface area contributed by atoms with Crippen LogP contribution in [0, 0.1) is 6.92 Å². The third kappa shape index (κ3) is 1.90. The molecule has 0 bridgehead atoms. The molecule has 0 aromatic carbocycles. The molecule has 1 unspecified atom stereocenters. The van der Waals surface area contributed by atoms with Gasteiger partial charge in [0.25, 0.3) is 0 Å². The van der Waals surface area contributed by atoms with Gasteiger partial charge in [0.15, 0.2) is 0 Å². The lowest BCUT2D eigenvalue weighted by molar-refractivity contribution is -0.0999. The molecule has 5 nitrogen and oxygen atoms in total. The maximum absolute atomic E-state index is 5.97. The maximum atomic E-state index is 5.97. The average molecular weight is 236 g/mol. The van der Waals surface area contributed by atoms with E-state index in [4.69, 9.17) is 16.3 Å². The van der Waals surface area contributed by atoms with E-state index in [1.54, 1.807) is 13.3 Å². The molecule has 1 aromatic heterocycles. The summed E-state index contributed by atoms with van der Waals surface area (Å²) in [6.45, 7) is 2.01. The molecule has 94 valence electrons. The molecule has 1 aliphatic carbocycles. The van der Waals surface area contributed by atoms with Crippen LogP contribution in [-0.2, 0) is 4.74 Å². The first-order valence-corrected chi connectivity index (χ1v) is 5.87.